The van der Waals surface area contributed by atoms with E-state index in [1.54, 1.807) is 7.11 Å². The van der Waals surface area contributed by atoms with Crippen LogP contribution in [0.1, 0.15) is 52.2 Å². The summed E-state index contributed by atoms with van der Waals surface area (Å²) in [7, 11) is 1.68. The zero-order valence-electron chi connectivity index (χ0n) is 12.7. The maximum absolute atomic E-state index is 12.9. The van der Waals surface area contributed by atoms with Crippen molar-refractivity contribution in [2.75, 3.05) is 7.11 Å². The van der Waals surface area contributed by atoms with E-state index in [4.69, 9.17) is 4.74 Å². The highest BCUT2D eigenvalue weighted by Crippen LogP contribution is 2.44. The second kappa shape index (κ2) is 5.25. The fourth-order valence-electron chi connectivity index (χ4n) is 3.87. The second-order valence-corrected chi connectivity index (χ2v) is 5.99. The average Bonchev–Trinajstić information content (AvgIpc) is 2.87. The summed E-state index contributed by atoms with van der Waals surface area (Å²) in [6.45, 7) is 0. The molecule has 3 nitrogen and oxygen atoms in total. The maximum Gasteiger partial charge on any atom is 0.257 e. The number of nitrogens with zero attached hydrogens (tertiary/aromatic N) is 1. The number of rotatable bonds is 2. The molecule has 0 aromatic heterocycles. The highest BCUT2D eigenvalue weighted by atomic mass is 16.5. The van der Waals surface area contributed by atoms with Crippen molar-refractivity contribution in [3.63, 3.8) is 0 Å². The van der Waals surface area contributed by atoms with Crippen LogP contribution in [-0.4, -0.2) is 17.9 Å². The van der Waals surface area contributed by atoms with Crippen LogP contribution in [0.15, 0.2) is 48.5 Å². The quantitative estimate of drug-likeness (QED) is 0.841. The number of hydrogen-bond acceptors (Lipinski definition) is 2. The van der Waals surface area contributed by atoms with Gasteiger partial charge < -0.3 is 9.64 Å². The molecule has 1 heterocycles. The molecule has 2 aliphatic rings. The van der Waals surface area contributed by atoms with E-state index >= 15 is 0 Å². The third-order valence-electron chi connectivity index (χ3n) is 4.84. The SMILES string of the molecule is COC1c2ccccc2C(=O)N1C1CCCc2ccccc21. The van der Waals surface area contributed by atoms with E-state index in [-0.39, 0.29) is 18.2 Å². The van der Waals surface area contributed by atoms with E-state index in [1.807, 2.05) is 29.2 Å². The van der Waals surface area contributed by atoms with E-state index < -0.39 is 0 Å². The highest BCUT2D eigenvalue weighted by molar-refractivity contribution is 5.99. The maximum atomic E-state index is 12.9. The first-order chi connectivity index (χ1) is 10.8. The molecule has 4 rings (SSSR count). The van der Waals surface area contributed by atoms with Crippen molar-refractivity contribution in [3.8, 4) is 0 Å². The Hall–Kier alpha value is -2.13. The number of benzene rings is 2. The van der Waals surface area contributed by atoms with E-state index in [1.165, 1.54) is 11.1 Å². The lowest BCUT2D eigenvalue weighted by Gasteiger charge is -2.36. The molecule has 0 radical (unpaired) electrons. The van der Waals surface area contributed by atoms with Gasteiger partial charge in [-0.05, 0) is 36.5 Å². The van der Waals surface area contributed by atoms with Crippen molar-refractivity contribution in [3.05, 3.63) is 70.8 Å². The first kappa shape index (κ1) is 13.5. The van der Waals surface area contributed by atoms with Crippen LogP contribution in [0.4, 0.5) is 0 Å². The standard InChI is InChI=1S/C19H19NO2/c1-22-19-16-11-5-4-10-15(16)18(21)20(19)17-12-6-8-13-7-2-3-9-14(13)17/h2-5,7,9-11,17,19H,6,8,12H2,1H3. The Labute approximate surface area is 130 Å². The lowest BCUT2D eigenvalue weighted by atomic mass is 9.87. The van der Waals surface area contributed by atoms with Crippen molar-refractivity contribution in [1.82, 2.24) is 4.90 Å². The molecule has 1 aliphatic heterocycles. The van der Waals surface area contributed by atoms with Crippen LogP contribution in [0.2, 0.25) is 0 Å². The predicted octanol–water partition coefficient (Wildman–Crippen LogP) is 3.87. The summed E-state index contributed by atoms with van der Waals surface area (Å²) in [5.74, 6) is 0.0872. The summed E-state index contributed by atoms with van der Waals surface area (Å²) >= 11 is 0. The van der Waals surface area contributed by atoms with Gasteiger partial charge in [0.25, 0.3) is 5.91 Å². The zero-order valence-corrected chi connectivity index (χ0v) is 12.7. The Balaban J connectivity index is 1.80. The zero-order chi connectivity index (χ0) is 15.1. The van der Waals surface area contributed by atoms with Crippen LogP contribution >= 0.6 is 0 Å². The lowest BCUT2D eigenvalue weighted by molar-refractivity contribution is -0.0350. The Morgan fingerprint density at radius 1 is 1.05 bits per heavy atom. The summed E-state index contributed by atoms with van der Waals surface area (Å²) in [5, 5.41) is 0. The molecule has 22 heavy (non-hydrogen) atoms. The van der Waals surface area contributed by atoms with Gasteiger partial charge in [0.15, 0.2) is 6.23 Å². The normalized spacial score (nSPS) is 23.3. The van der Waals surface area contributed by atoms with Crippen LogP contribution < -0.4 is 0 Å². The van der Waals surface area contributed by atoms with Gasteiger partial charge in [-0.1, -0.05) is 42.5 Å². The van der Waals surface area contributed by atoms with Crippen molar-refractivity contribution in [2.45, 2.75) is 31.5 Å². The molecule has 2 atom stereocenters. The van der Waals surface area contributed by atoms with E-state index in [9.17, 15) is 4.79 Å². The van der Waals surface area contributed by atoms with Gasteiger partial charge in [0, 0.05) is 18.2 Å². The van der Waals surface area contributed by atoms with Crippen LogP contribution in [0.5, 0.6) is 0 Å². The molecule has 0 N–H and O–H groups in total. The largest absolute Gasteiger partial charge is 0.357 e. The van der Waals surface area contributed by atoms with Crippen molar-refractivity contribution in [1.29, 1.82) is 0 Å². The summed E-state index contributed by atoms with van der Waals surface area (Å²) in [6.07, 6.45) is 2.92. The van der Waals surface area contributed by atoms with Gasteiger partial charge in [-0.2, -0.15) is 0 Å². The average molecular weight is 293 g/mol. The number of carbonyl (C=O) groups is 1. The minimum atomic E-state index is -0.278. The lowest BCUT2D eigenvalue weighted by Crippen LogP contribution is -2.35. The number of ether oxygens (including phenoxy) is 1. The van der Waals surface area contributed by atoms with E-state index in [2.05, 4.69) is 24.3 Å². The van der Waals surface area contributed by atoms with Gasteiger partial charge in [0.2, 0.25) is 0 Å². The van der Waals surface area contributed by atoms with Crippen LogP contribution in [0.25, 0.3) is 0 Å². The van der Waals surface area contributed by atoms with Crippen LogP contribution in [-0.2, 0) is 11.2 Å². The van der Waals surface area contributed by atoms with Crippen molar-refractivity contribution in [2.24, 2.45) is 0 Å². The molecule has 3 heteroatoms. The fraction of sp³-hybridized carbons (Fsp3) is 0.316. The number of aryl methyl sites for hydroxylation is 1. The Kier molecular flexibility index (Phi) is 3.23. The van der Waals surface area contributed by atoms with Crippen molar-refractivity contribution < 1.29 is 9.53 Å². The monoisotopic (exact) mass is 293 g/mol. The summed E-state index contributed by atoms with van der Waals surface area (Å²) in [6, 6.07) is 16.4. The van der Waals surface area contributed by atoms with Gasteiger partial charge in [-0.3, -0.25) is 4.79 Å². The number of hydrogen-bond donors (Lipinski definition) is 0. The molecule has 2 aromatic carbocycles. The fourth-order valence-corrected chi connectivity index (χ4v) is 3.87. The molecule has 1 aliphatic carbocycles. The van der Waals surface area contributed by atoms with Gasteiger partial charge in [-0.25, -0.2) is 0 Å². The van der Waals surface area contributed by atoms with Crippen LogP contribution in [0, 0.1) is 0 Å². The van der Waals surface area contributed by atoms with E-state index in [0.717, 1.165) is 30.4 Å². The number of carbonyl (C=O) groups excluding carboxylic acids is 1. The van der Waals surface area contributed by atoms with Gasteiger partial charge in [0.05, 0.1) is 6.04 Å². The van der Waals surface area contributed by atoms with Gasteiger partial charge >= 0.3 is 0 Å². The third kappa shape index (κ3) is 1.89. The van der Waals surface area contributed by atoms with Crippen molar-refractivity contribution >= 4 is 5.91 Å². The molecule has 2 unspecified atom stereocenters. The molecule has 112 valence electrons. The highest BCUT2D eigenvalue weighted by Gasteiger charge is 2.42. The smallest absolute Gasteiger partial charge is 0.257 e. The minimum Gasteiger partial charge on any atom is -0.357 e. The Morgan fingerprint density at radius 3 is 2.59 bits per heavy atom. The topological polar surface area (TPSA) is 29.5 Å². The molecule has 1 amide bonds. The predicted molar refractivity (Wildman–Crippen MR) is 84.5 cm³/mol. The molecule has 2 aromatic rings. The number of amides is 1. The molecule has 0 spiro atoms. The molecular weight excluding hydrogens is 274 g/mol. The first-order valence-electron chi connectivity index (χ1n) is 7.83. The minimum absolute atomic E-state index is 0.0872. The molecule has 0 saturated heterocycles. The molecule has 0 saturated carbocycles. The molecule has 0 bridgehead atoms. The molecular formula is C19H19NO2. The van der Waals surface area contributed by atoms with Crippen LogP contribution in [0.3, 0.4) is 0 Å². The Morgan fingerprint density at radius 2 is 1.77 bits per heavy atom. The summed E-state index contributed by atoms with van der Waals surface area (Å²) in [4.78, 5) is 14.9. The Bertz CT molecular complexity index is 725. The molecule has 0 fully saturated rings. The number of fused-ring (bicyclic) bond motifs is 2. The summed E-state index contributed by atoms with van der Waals surface area (Å²) in [5.41, 5.74) is 4.39. The summed E-state index contributed by atoms with van der Waals surface area (Å²) < 4.78 is 5.69. The van der Waals surface area contributed by atoms with Gasteiger partial charge in [0.1, 0.15) is 0 Å². The second-order valence-electron chi connectivity index (χ2n) is 5.99. The van der Waals surface area contributed by atoms with E-state index in [0.29, 0.717) is 0 Å². The van der Waals surface area contributed by atoms with Gasteiger partial charge in [-0.15, -0.1) is 0 Å². The number of methoxy groups -OCH3 is 1. The third-order valence-corrected chi connectivity index (χ3v) is 4.84. The first-order valence-corrected chi connectivity index (χ1v) is 7.83.